The number of anilines is 3. The van der Waals surface area contributed by atoms with Crippen LogP contribution in [0.25, 0.3) is 0 Å². The Morgan fingerprint density at radius 3 is 2.29 bits per heavy atom. The number of aromatic nitrogens is 3. The molecule has 1 aromatic rings. The molecule has 6 nitrogen and oxygen atoms in total. The van der Waals surface area contributed by atoms with E-state index in [1.807, 2.05) is 7.05 Å². The lowest BCUT2D eigenvalue weighted by Crippen LogP contribution is -2.26. The highest BCUT2D eigenvalue weighted by molar-refractivity contribution is 5.43. The average molecular weight is 292 g/mol. The summed E-state index contributed by atoms with van der Waals surface area (Å²) in [5.41, 5.74) is 0. The predicted molar refractivity (Wildman–Crippen MR) is 88.0 cm³/mol. The second kappa shape index (κ2) is 8.00. The van der Waals surface area contributed by atoms with Gasteiger partial charge in [0.05, 0.1) is 0 Å². The fourth-order valence-electron chi connectivity index (χ4n) is 2.83. The first-order valence-corrected chi connectivity index (χ1v) is 8.19. The van der Waals surface area contributed by atoms with Crippen molar-refractivity contribution in [3.8, 4) is 0 Å². The summed E-state index contributed by atoms with van der Waals surface area (Å²) in [6.45, 7) is 6.98. The van der Waals surface area contributed by atoms with Crippen molar-refractivity contribution in [1.29, 1.82) is 0 Å². The van der Waals surface area contributed by atoms with Crippen LogP contribution >= 0.6 is 0 Å². The fraction of sp³-hybridized carbons (Fsp3) is 0.800. The van der Waals surface area contributed by atoms with Crippen LogP contribution in [0.4, 0.5) is 17.8 Å². The lowest BCUT2D eigenvalue weighted by Gasteiger charge is -2.23. The minimum atomic E-state index is 0.623. The zero-order valence-electron chi connectivity index (χ0n) is 13.5. The van der Waals surface area contributed by atoms with Gasteiger partial charge in [-0.1, -0.05) is 19.3 Å². The highest BCUT2D eigenvalue weighted by atomic mass is 15.3. The van der Waals surface area contributed by atoms with Gasteiger partial charge in [-0.3, -0.25) is 0 Å². The Bertz CT molecular complexity index is 426. The molecule has 0 saturated heterocycles. The number of hydrogen-bond donors (Lipinski definition) is 2. The van der Waals surface area contributed by atoms with Crippen molar-refractivity contribution < 1.29 is 0 Å². The summed E-state index contributed by atoms with van der Waals surface area (Å²) in [4.78, 5) is 15.6. The Labute approximate surface area is 127 Å². The molecular formula is C15H28N6. The van der Waals surface area contributed by atoms with Gasteiger partial charge in [0.1, 0.15) is 0 Å². The summed E-state index contributed by atoms with van der Waals surface area (Å²) in [7, 11) is 1.84. The maximum absolute atomic E-state index is 4.56. The molecular weight excluding hydrogens is 264 g/mol. The Kier molecular flexibility index (Phi) is 6.02. The van der Waals surface area contributed by atoms with Gasteiger partial charge in [0.25, 0.3) is 0 Å². The molecule has 1 fully saturated rings. The van der Waals surface area contributed by atoms with Gasteiger partial charge in [-0.15, -0.1) is 0 Å². The number of hydrogen-bond acceptors (Lipinski definition) is 6. The van der Waals surface area contributed by atoms with Crippen molar-refractivity contribution in [2.24, 2.45) is 5.92 Å². The van der Waals surface area contributed by atoms with Crippen LogP contribution < -0.4 is 15.5 Å². The van der Waals surface area contributed by atoms with Crippen LogP contribution in [0.5, 0.6) is 0 Å². The molecule has 0 aliphatic heterocycles. The first-order valence-electron chi connectivity index (χ1n) is 8.19. The molecule has 0 radical (unpaired) electrons. The first kappa shape index (κ1) is 15.8. The molecule has 118 valence electrons. The van der Waals surface area contributed by atoms with Crippen molar-refractivity contribution in [3.05, 3.63) is 0 Å². The smallest absolute Gasteiger partial charge is 0.231 e. The SMILES string of the molecule is CCN(CC)c1nc(NC)nc(NCC2CCCCC2)n1. The molecule has 1 heterocycles. The highest BCUT2D eigenvalue weighted by Crippen LogP contribution is 2.23. The van der Waals surface area contributed by atoms with Crippen molar-refractivity contribution in [2.75, 3.05) is 42.2 Å². The van der Waals surface area contributed by atoms with E-state index in [0.29, 0.717) is 11.9 Å². The van der Waals surface area contributed by atoms with Gasteiger partial charge < -0.3 is 15.5 Å². The second-order valence-electron chi connectivity index (χ2n) is 5.59. The van der Waals surface area contributed by atoms with Crippen molar-refractivity contribution in [2.45, 2.75) is 46.0 Å². The molecule has 0 bridgehead atoms. The van der Waals surface area contributed by atoms with Crippen molar-refractivity contribution >= 4 is 17.8 Å². The highest BCUT2D eigenvalue weighted by Gasteiger charge is 2.15. The van der Waals surface area contributed by atoms with E-state index in [4.69, 9.17) is 0 Å². The van der Waals surface area contributed by atoms with Gasteiger partial charge in [-0.2, -0.15) is 15.0 Å². The van der Waals surface area contributed by atoms with Crippen LogP contribution in [0.15, 0.2) is 0 Å². The van der Waals surface area contributed by atoms with E-state index in [1.165, 1.54) is 32.1 Å². The third-order valence-electron chi connectivity index (χ3n) is 4.17. The Hall–Kier alpha value is -1.59. The van der Waals surface area contributed by atoms with E-state index in [0.717, 1.165) is 31.5 Å². The summed E-state index contributed by atoms with van der Waals surface area (Å²) < 4.78 is 0. The standard InChI is InChI=1S/C15H28N6/c1-4-21(5-2)15-19-13(16-3)18-14(20-15)17-11-12-9-7-6-8-10-12/h12H,4-11H2,1-3H3,(H2,16,17,18,19,20). The molecule has 0 spiro atoms. The maximum Gasteiger partial charge on any atom is 0.231 e. The Morgan fingerprint density at radius 1 is 1.00 bits per heavy atom. The average Bonchev–Trinajstić information content (AvgIpc) is 2.55. The number of nitrogens with zero attached hydrogens (tertiary/aromatic N) is 4. The lowest BCUT2D eigenvalue weighted by molar-refractivity contribution is 0.373. The quantitative estimate of drug-likeness (QED) is 0.805. The first-order chi connectivity index (χ1) is 10.3. The molecule has 0 aromatic carbocycles. The van der Waals surface area contributed by atoms with Gasteiger partial charge in [-0.25, -0.2) is 0 Å². The lowest BCUT2D eigenvalue weighted by atomic mass is 9.89. The monoisotopic (exact) mass is 292 g/mol. The zero-order valence-corrected chi connectivity index (χ0v) is 13.5. The molecule has 1 saturated carbocycles. The van der Waals surface area contributed by atoms with Crippen LogP contribution in [0, 0.1) is 5.92 Å². The summed E-state index contributed by atoms with van der Waals surface area (Å²) in [5, 5.41) is 6.42. The van der Waals surface area contributed by atoms with E-state index in [9.17, 15) is 0 Å². The molecule has 1 aliphatic carbocycles. The normalized spacial score (nSPS) is 15.8. The van der Waals surface area contributed by atoms with Crippen LogP contribution in [-0.4, -0.2) is 41.6 Å². The number of nitrogens with one attached hydrogen (secondary N) is 2. The van der Waals surface area contributed by atoms with Crippen LogP contribution in [-0.2, 0) is 0 Å². The molecule has 2 N–H and O–H groups in total. The molecule has 1 aliphatic rings. The molecule has 6 heteroatoms. The van der Waals surface area contributed by atoms with Crippen LogP contribution in [0.1, 0.15) is 46.0 Å². The molecule has 0 unspecified atom stereocenters. The Morgan fingerprint density at radius 2 is 1.67 bits per heavy atom. The van der Waals surface area contributed by atoms with E-state index in [2.05, 4.69) is 44.3 Å². The topological polar surface area (TPSA) is 66.0 Å². The minimum absolute atomic E-state index is 0.623. The van der Waals surface area contributed by atoms with Gasteiger partial charge in [-0.05, 0) is 32.6 Å². The van der Waals surface area contributed by atoms with Crippen LogP contribution in [0.3, 0.4) is 0 Å². The van der Waals surface area contributed by atoms with Gasteiger partial charge in [0.15, 0.2) is 0 Å². The third kappa shape index (κ3) is 4.44. The second-order valence-corrected chi connectivity index (χ2v) is 5.59. The summed E-state index contributed by atoms with van der Waals surface area (Å²) in [6, 6.07) is 0. The molecule has 0 atom stereocenters. The van der Waals surface area contributed by atoms with Gasteiger partial charge >= 0.3 is 0 Å². The summed E-state index contributed by atoms with van der Waals surface area (Å²) >= 11 is 0. The predicted octanol–water partition coefficient (Wildman–Crippen LogP) is 2.75. The van der Waals surface area contributed by atoms with Gasteiger partial charge in [0.2, 0.25) is 17.8 Å². The summed E-state index contributed by atoms with van der Waals surface area (Å²) in [6.07, 6.45) is 6.74. The minimum Gasteiger partial charge on any atom is -0.357 e. The fourth-order valence-corrected chi connectivity index (χ4v) is 2.83. The van der Waals surface area contributed by atoms with Crippen molar-refractivity contribution in [3.63, 3.8) is 0 Å². The van der Waals surface area contributed by atoms with E-state index >= 15 is 0 Å². The van der Waals surface area contributed by atoms with Crippen LogP contribution in [0.2, 0.25) is 0 Å². The maximum atomic E-state index is 4.56. The van der Waals surface area contributed by atoms with E-state index < -0.39 is 0 Å². The Balaban J connectivity index is 2.04. The largest absolute Gasteiger partial charge is 0.357 e. The van der Waals surface area contributed by atoms with E-state index in [-0.39, 0.29) is 0 Å². The third-order valence-corrected chi connectivity index (χ3v) is 4.17. The van der Waals surface area contributed by atoms with Crippen molar-refractivity contribution in [1.82, 2.24) is 15.0 Å². The van der Waals surface area contributed by atoms with E-state index in [1.54, 1.807) is 0 Å². The molecule has 0 amide bonds. The molecule has 21 heavy (non-hydrogen) atoms. The summed E-state index contributed by atoms with van der Waals surface area (Å²) in [5.74, 6) is 2.80. The molecule has 2 rings (SSSR count). The number of rotatable bonds is 7. The molecule has 1 aromatic heterocycles. The zero-order chi connectivity index (χ0) is 15.1. The van der Waals surface area contributed by atoms with Gasteiger partial charge in [0, 0.05) is 26.7 Å².